The highest BCUT2D eigenvalue weighted by atomic mass is 16.5. The quantitative estimate of drug-likeness (QED) is 0.865. The third kappa shape index (κ3) is 4.57. The lowest BCUT2D eigenvalue weighted by Gasteiger charge is -2.28. The van der Waals surface area contributed by atoms with E-state index < -0.39 is 29.4 Å². The standard InChI is InChI=1S/C15H21NO4/c1-10(20-11-8-6-5-7-9-11)13(17)16-12(14(18)19)15(2,3)4/h5-10,12H,1-4H3,(H,16,17)(H,18,19)/t10?,12-/m0/s1. The lowest BCUT2D eigenvalue weighted by molar-refractivity contribution is -0.146. The molecule has 0 aliphatic carbocycles. The van der Waals surface area contributed by atoms with E-state index in [1.165, 1.54) is 0 Å². The zero-order chi connectivity index (χ0) is 15.3. The average Bonchev–Trinajstić information content (AvgIpc) is 2.34. The number of hydrogen-bond donors (Lipinski definition) is 2. The minimum Gasteiger partial charge on any atom is -0.481 e. The van der Waals surface area contributed by atoms with Crippen LogP contribution in [0.2, 0.25) is 0 Å². The van der Waals surface area contributed by atoms with E-state index in [0.717, 1.165) is 0 Å². The average molecular weight is 279 g/mol. The maximum absolute atomic E-state index is 12.0. The molecule has 20 heavy (non-hydrogen) atoms. The van der Waals surface area contributed by atoms with Crippen molar-refractivity contribution in [1.29, 1.82) is 0 Å². The van der Waals surface area contributed by atoms with Gasteiger partial charge in [-0.2, -0.15) is 0 Å². The van der Waals surface area contributed by atoms with Crippen molar-refractivity contribution < 1.29 is 19.4 Å². The second-order valence-corrected chi connectivity index (χ2v) is 5.72. The van der Waals surface area contributed by atoms with E-state index in [1.54, 1.807) is 52.0 Å². The molecular formula is C15H21NO4. The molecule has 5 heteroatoms. The van der Waals surface area contributed by atoms with Gasteiger partial charge >= 0.3 is 5.97 Å². The van der Waals surface area contributed by atoms with Crippen molar-refractivity contribution in [3.63, 3.8) is 0 Å². The molecule has 2 atom stereocenters. The lowest BCUT2D eigenvalue weighted by Crippen LogP contribution is -2.52. The Bertz CT molecular complexity index is 465. The van der Waals surface area contributed by atoms with Gasteiger partial charge in [-0.3, -0.25) is 4.79 Å². The molecule has 1 aromatic carbocycles. The van der Waals surface area contributed by atoms with E-state index in [0.29, 0.717) is 5.75 Å². The predicted molar refractivity (Wildman–Crippen MR) is 75.6 cm³/mol. The first kappa shape index (κ1) is 16.0. The highest BCUT2D eigenvalue weighted by Gasteiger charge is 2.33. The van der Waals surface area contributed by atoms with Crippen molar-refractivity contribution in [1.82, 2.24) is 5.32 Å². The number of hydrogen-bond acceptors (Lipinski definition) is 3. The Labute approximate surface area is 118 Å². The number of para-hydroxylation sites is 1. The van der Waals surface area contributed by atoms with Crippen LogP contribution in [0.1, 0.15) is 27.7 Å². The highest BCUT2D eigenvalue weighted by Crippen LogP contribution is 2.20. The van der Waals surface area contributed by atoms with Gasteiger partial charge in [-0.25, -0.2) is 4.79 Å². The molecule has 0 fully saturated rings. The monoisotopic (exact) mass is 279 g/mol. The fourth-order valence-electron chi connectivity index (χ4n) is 1.66. The molecule has 0 aliphatic rings. The molecule has 110 valence electrons. The second-order valence-electron chi connectivity index (χ2n) is 5.72. The van der Waals surface area contributed by atoms with E-state index in [9.17, 15) is 14.7 Å². The number of aliphatic carboxylic acids is 1. The summed E-state index contributed by atoms with van der Waals surface area (Å²) in [4.78, 5) is 23.2. The number of amides is 1. The van der Waals surface area contributed by atoms with Crippen LogP contribution in [0.25, 0.3) is 0 Å². The van der Waals surface area contributed by atoms with Crippen LogP contribution in [0, 0.1) is 5.41 Å². The fraction of sp³-hybridized carbons (Fsp3) is 0.467. The summed E-state index contributed by atoms with van der Waals surface area (Å²) >= 11 is 0. The van der Waals surface area contributed by atoms with Crippen LogP contribution in [0.3, 0.4) is 0 Å². The lowest BCUT2D eigenvalue weighted by atomic mass is 9.86. The number of benzene rings is 1. The van der Waals surface area contributed by atoms with Crippen LogP contribution in [0.5, 0.6) is 5.75 Å². The van der Waals surface area contributed by atoms with Gasteiger partial charge in [-0.15, -0.1) is 0 Å². The molecule has 0 saturated heterocycles. The fourth-order valence-corrected chi connectivity index (χ4v) is 1.66. The topological polar surface area (TPSA) is 75.6 Å². The first-order chi connectivity index (χ1) is 9.21. The number of ether oxygens (including phenoxy) is 1. The molecule has 1 aromatic rings. The van der Waals surface area contributed by atoms with Crippen LogP contribution < -0.4 is 10.1 Å². The van der Waals surface area contributed by atoms with Gasteiger partial charge in [0.25, 0.3) is 5.91 Å². The zero-order valence-corrected chi connectivity index (χ0v) is 12.2. The van der Waals surface area contributed by atoms with Gasteiger partial charge in [0.2, 0.25) is 0 Å². The predicted octanol–water partition coefficient (Wildman–Crippen LogP) is 2.07. The Balaban J connectivity index is 2.67. The largest absolute Gasteiger partial charge is 0.481 e. The van der Waals surface area contributed by atoms with Gasteiger partial charge in [-0.05, 0) is 24.5 Å². The molecule has 2 N–H and O–H groups in total. The minimum absolute atomic E-state index is 0.448. The molecular weight excluding hydrogens is 258 g/mol. The summed E-state index contributed by atoms with van der Waals surface area (Å²) < 4.78 is 5.46. The summed E-state index contributed by atoms with van der Waals surface area (Å²) in [6.07, 6.45) is -0.762. The number of rotatable bonds is 5. The van der Waals surface area contributed by atoms with E-state index in [1.807, 2.05) is 6.07 Å². The van der Waals surface area contributed by atoms with Gasteiger partial charge in [0, 0.05) is 0 Å². The van der Waals surface area contributed by atoms with Crippen LogP contribution in [-0.2, 0) is 9.59 Å². The van der Waals surface area contributed by atoms with Crippen LogP contribution in [-0.4, -0.2) is 29.1 Å². The molecule has 0 radical (unpaired) electrons. The molecule has 1 rings (SSSR count). The van der Waals surface area contributed by atoms with Crippen molar-refractivity contribution in [3.8, 4) is 5.75 Å². The number of nitrogens with one attached hydrogen (secondary N) is 1. The first-order valence-electron chi connectivity index (χ1n) is 6.46. The van der Waals surface area contributed by atoms with Gasteiger partial charge in [-0.1, -0.05) is 39.0 Å². The number of carbonyl (C=O) groups excluding carboxylic acids is 1. The van der Waals surface area contributed by atoms with Gasteiger partial charge in [0.15, 0.2) is 6.10 Å². The maximum atomic E-state index is 12.0. The van der Waals surface area contributed by atoms with Gasteiger partial charge in [0.05, 0.1) is 0 Å². The summed E-state index contributed by atoms with van der Waals surface area (Å²) in [6, 6.07) is 7.96. The molecule has 0 aromatic heterocycles. The van der Waals surface area contributed by atoms with Gasteiger partial charge < -0.3 is 15.2 Å². The molecule has 0 saturated carbocycles. The summed E-state index contributed by atoms with van der Waals surface area (Å²) in [5.41, 5.74) is -0.575. The number of carboxylic acids is 1. The Kier molecular flexibility index (Phi) is 5.13. The Morgan fingerprint density at radius 2 is 1.75 bits per heavy atom. The Hall–Kier alpha value is -2.04. The molecule has 0 spiro atoms. The van der Waals surface area contributed by atoms with E-state index in [4.69, 9.17) is 4.74 Å². The van der Waals surface area contributed by atoms with Crippen molar-refractivity contribution in [2.75, 3.05) is 0 Å². The zero-order valence-electron chi connectivity index (χ0n) is 12.2. The van der Waals surface area contributed by atoms with E-state index >= 15 is 0 Å². The summed E-state index contributed by atoms with van der Waals surface area (Å²) in [5, 5.41) is 11.7. The second kappa shape index (κ2) is 6.41. The molecule has 1 unspecified atom stereocenters. The van der Waals surface area contributed by atoms with E-state index in [-0.39, 0.29) is 0 Å². The molecule has 0 bridgehead atoms. The molecule has 0 heterocycles. The number of carbonyl (C=O) groups is 2. The summed E-state index contributed by atoms with van der Waals surface area (Å²) in [5.74, 6) is -0.938. The van der Waals surface area contributed by atoms with Crippen LogP contribution in [0.15, 0.2) is 30.3 Å². The third-order valence-electron chi connectivity index (χ3n) is 2.82. The van der Waals surface area contributed by atoms with Crippen molar-refractivity contribution in [2.45, 2.75) is 39.8 Å². The summed E-state index contributed by atoms with van der Waals surface area (Å²) in [6.45, 7) is 6.86. The first-order valence-corrected chi connectivity index (χ1v) is 6.46. The van der Waals surface area contributed by atoms with Crippen LogP contribution in [0.4, 0.5) is 0 Å². The van der Waals surface area contributed by atoms with Crippen LogP contribution >= 0.6 is 0 Å². The SMILES string of the molecule is CC(Oc1ccccc1)C(=O)N[C@@H](C(=O)O)C(C)(C)C. The van der Waals surface area contributed by atoms with Crippen molar-refractivity contribution in [2.24, 2.45) is 5.41 Å². The highest BCUT2D eigenvalue weighted by molar-refractivity contribution is 5.86. The third-order valence-corrected chi connectivity index (χ3v) is 2.82. The smallest absolute Gasteiger partial charge is 0.326 e. The Morgan fingerprint density at radius 3 is 2.20 bits per heavy atom. The normalized spacial score (nSPS) is 14.2. The summed E-state index contributed by atoms with van der Waals surface area (Å²) in [7, 11) is 0. The van der Waals surface area contributed by atoms with Crippen molar-refractivity contribution >= 4 is 11.9 Å². The van der Waals surface area contributed by atoms with E-state index in [2.05, 4.69) is 5.32 Å². The molecule has 5 nitrogen and oxygen atoms in total. The molecule has 0 aliphatic heterocycles. The minimum atomic E-state index is -1.06. The Morgan fingerprint density at radius 1 is 1.20 bits per heavy atom. The molecule has 1 amide bonds. The maximum Gasteiger partial charge on any atom is 0.326 e. The number of carboxylic acid groups (broad SMARTS) is 1. The van der Waals surface area contributed by atoms with Crippen molar-refractivity contribution in [3.05, 3.63) is 30.3 Å². The van der Waals surface area contributed by atoms with Gasteiger partial charge in [0.1, 0.15) is 11.8 Å².